The van der Waals surface area contributed by atoms with Crippen LogP contribution in [0.3, 0.4) is 0 Å². The Morgan fingerprint density at radius 3 is 2.68 bits per heavy atom. The van der Waals surface area contributed by atoms with Crippen LogP contribution in [0.5, 0.6) is 0 Å². The summed E-state index contributed by atoms with van der Waals surface area (Å²) in [6, 6.07) is 8.97. The third-order valence-corrected chi connectivity index (χ3v) is 3.10. The first-order valence-corrected chi connectivity index (χ1v) is 6.05. The molecule has 1 fully saturated rings. The van der Waals surface area contributed by atoms with E-state index in [1.54, 1.807) is 0 Å². The number of likely N-dealkylation sites (tertiary alicyclic amines) is 1. The molecule has 1 heterocycles. The molecular weight excluding hydrogens is 242 g/mol. The number of benzene rings is 1. The molecule has 0 N–H and O–H groups in total. The molecule has 1 aromatic rings. The summed E-state index contributed by atoms with van der Waals surface area (Å²) in [7, 11) is 0. The van der Waals surface area contributed by atoms with Crippen LogP contribution in [-0.4, -0.2) is 35.3 Å². The lowest BCUT2D eigenvalue weighted by Gasteiger charge is -2.44. The van der Waals surface area contributed by atoms with Crippen molar-refractivity contribution in [2.24, 2.45) is 0 Å². The van der Waals surface area contributed by atoms with Gasteiger partial charge >= 0.3 is 0 Å². The summed E-state index contributed by atoms with van der Waals surface area (Å²) >= 11 is 0. The number of carbonyl (C=O) groups is 2. The number of ketones is 1. The molecule has 98 valence electrons. The van der Waals surface area contributed by atoms with Crippen LogP contribution >= 0.6 is 0 Å². The molecule has 0 aromatic heterocycles. The van der Waals surface area contributed by atoms with E-state index in [-0.39, 0.29) is 18.2 Å². The zero-order chi connectivity index (χ0) is 13.8. The van der Waals surface area contributed by atoms with E-state index in [0.717, 1.165) is 5.56 Å². The van der Waals surface area contributed by atoms with Crippen LogP contribution in [-0.2, 0) is 20.9 Å². The summed E-state index contributed by atoms with van der Waals surface area (Å²) in [5, 5.41) is 0. The Labute approximate surface area is 112 Å². The first-order chi connectivity index (χ1) is 9.15. The predicted octanol–water partition coefficient (Wildman–Crippen LogP) is 1.00. The molecule has 0 spiro atoms. The number of β-lactam (4-membered cyclic amide) rings is 1. The maximum Gasteiger partial charge on any atom is 0.255 e. The van der Waals surface area contributed by atoms with Crippen molar-refractivity contribution in [3.63, 3.8) is 0 Å². The summed E-state index contributed by atoms with van der Waals surface area (Å²) in [6.07, 6.45) is 4.48. The van der Waals surface area contributed by atoms with E-state index in [1.807, 2.05) is 30.3 Å². The lowest BCUT2D eigenvalue weighted by atomic mass is 9.94. The van der Waals surface area contributed by atoms with E-state index >= 15 is 0 Å². The monoisotopic (exact) mass is 257 g/mol. The summed E-state index contributed by atoms with van der Waals surface area (Å²) < 4.78 is 5.55. The molecule has 4 heteroatoms. The zero-order valence-electron chi connectivity index (χ0n) is 10.7. The van der Waals surface area contributed by atoms with E-state index in [4.69, 9.17) is 11.2 Å². The number of terminal acetylenes is 1. The van der Waals surface area contributed by atoms with Gasteiger partial charge in [0.1, 0.15) is 6.04 Å². The lowest BCUT2D eigenvalue weighted by Crippen LogP contribution is -2.68. The third kappa shape index (κ3) is 2.67. The fraction of sp³-hybridized carbons (Fsp3) is 0.333. The van der Waals surface area contributed by atoms with Crippen molar-refractivity contribution in [1.82, 2.24) is 4.90 Å². The van der Waals surface area contributed by atoms with Gasteiger partial charge in [0.05, 0.1) is 13.2 Å². The molecule has 19 heavy (non-hydrogen) atoms. The maximum atomic E-state index is 11.8. The van der Waals surface area contributed by atoms with E-state index in [0.29, 0.717) is 6.61 Å². The Hall–Kier alpha value is -2.12. The van der Waals surface area contributed by atoms with Gasteiger partial charge in [-0.3, -0.25) is 9.59 Å². The molecule has 1 amide bonds. The van der Waals surface area contributed by atoms with Crippen LogP contribution in [0.4, 0.5) is 0 Å². The number of Topliss-reactive ketones (excluding diaryl/α,β-unsaturated/α-hetero) is 1. The molecule has 1 aromatic carbocycles. The van der Waals surface area contributed by atoms with Crippen LogP contribution in [0.15, 0.2) is 30.3 Å². The lowest BCUT2D eigenvalue weighted by molar-refractivity contribution is -0.177. The number of hydrogen-bond donors (Lipinski definition) is 0. The number of amides is 1. The fourth-order valence-corrected chi connectivity index (χ4v) is 2.15. The number of hydrogen-bond acceptors (Lipinski definition) is 3. The average Bonchev–Trinajstić information content (AvgIpc) is 2.41. The van der Waals surface area contributed by atoms with Gasteiger partial charge in [0, 0.05) is 0 Å². The molecule has 0 unspecified atom stereocenters. The van der Waals surface area contributed by atoms with Gasteiger partial charge in [-0.15, -0.1) is 6.42 Å². The fourth-order valence-electron chi connectivity index (χ4n) is 2.15. The average molecular weight is 257 g/mol. The van der Waals surface area contributed by atoms with Crippen molar-refractivity contribution < 1.29 is 14.3 Å². The molecule has 2 rings (SSSR count). The van der Waals surface area contributed by atoms with E-state index < -0.39 is 12.1 Å². The molecule has 0 aliphatic carbocycles. The second kappa shape index (κ2) is 5.68. The second-order valence-corrected chi connectivity index (χ2v) is 4.44. The van der Waals surface area contributed by atoms with Gasteiger partial charge < -0.3 is 9.64 Å². The van der Waals surface area contributed by atoms with Crippen molar-refractivity contribution >= 4 is 11.7 Å². The highest BCUT2D eigenvalue weighted by atomic mass is 16.5. The highest BCUT2D eigenvalue weighted by molar-refractivity contribution is 6.01. The number of carbonyl (C=O) groups excluding carboxylic acids is 2. The van der Waals surface area contributed by atoms with Crippen LogP contribution in [0.25, 0.3) is 0 Å². The summed E-state index contributed by atoms with van der Waals surface area (Å²) in [4.78, 5) is 24.8. The van der Waals surface area contributed by atoms with Crippen LogP contribution in [0.2, 0.25) is 0 Å². The van der Waals surface area contributed by atoms with Gasteiger partial charge in [0.25, 0.3) is 5.91 Å². The van der Waals surface area contributed by atoms with Crippen LogP contribution in [0.1, 0.15) is 12.5 Å². The van der Waals surface area contributed by atoms with Crippen molar-refractivity contribution in [2.45, 2.75) is 25.7 Å². The quantitative estimate of drug-likeness (QED) is 0.584. The smallest absolute Gasteiger partial charge is 0.255 e. The Morgan fingerprint density at radius 2 is 2.11 bits per heavy atom. The molecule has 1 aliphatic heterocycles. The highest BCUT2D eigenvalue weighted by Crippen LogP contribution is 2.24. The van der Waals surface area contributed by atoms with Crippen molar-refractivity contribution in [3.8, 4) is 12.3 Å². The third-order valence-electron chi connectivity index (χ3n) is 3.10. The highest BCUT2D eigenvalue weighted by Gasteiger charge is 2.50. The van der Waals surface area contributed by atoms with Crippen molar-refractivity contribution in [2.75, 3.05) is 6.54 Å². The predicted molar refractivity (Wildman–Crippen MR) is 70.0 cm³/mol. The van der Waals surface area contributed by atoms with Gasteiger partial charge in [0.2, 0.25) is 0 Å². The Kier molecular flexibility index (Phi) is 3.98. The number of rotatable bonds is 5. The van der Waals surface area contributed by atoms with E-state index in [2.05, 4.69) is 5.92 Å². The Bertz CT molecular complexity index is 518. The maximum absolute atomic E-state index is 11.8. The molecule has 0 saturated carbocycles. The molecule has 1 saturated heterocycles. The normalized spacial score (nSPS) is 21.7. The van der Waals surface area contributed by atoms with Gasteiger partial charge in [-0.2, -0.15) is 0 Å². The molecule has 2 atom stereocenters. The van der Waals surface area contributed by atoms with Crippen molar-refractivity contribution in [1.29, 1.82) is 0 Å². The zero-order valence-corrected chi connectivity index (χ0v) is 10.7. The SMILES string of the molecule is C#CCN1C(=O)[C@H](OCc2ccccc2)[C@@H]1C(C)=O. The van der Waals surface area contributed by atoms with Gasteiger partial charge in [-0.25, -0.2) is 0 Å². The molecule has 1 aliphatic rings. The molecular formula is C15H15NO3. The first-order valence-electron chi connectivity index (χ1n) is 6.05. The minimum Gasteiger partial charge on any atom is -0.361 e. The standard InChI is InChI=1S/C15H15NO3/c1-3-9-16-13(11(2)17)14(15(16)18)19-10-12-7-5-4-6-8-12/h1,4-8,13-14H,9-10H2,2H3/t13-,14+/m0/s1. The largest absolute Gasteiger partial charge is 0.361 e. The summed E-state index contributed by atoms with van der Waals surface area (Å²) in [5.41, 5.74) is 0.966. The Morgan fingerprint density at radius 1 is 1.42 bits per heavy atom. The number of nitrogens with zero attached hydrogens (tertiary/aromatic N) is 1. The second-order valence-electron chi connectivity index (χ2n) is 4.44. The summed E-state index contributed by atoms with van der Waals surface area (Å²) in [6.45, 7) is 1.90. The van der Waals surface area contributed by atoms with Gasteiger partial charge in [-0.05, 0) is 12.5 Å². The van der Waals surface area contributed by atoms with Crippen LogP contribution < -0.4 is 0 Å². The number of ether oxygens (including phenoxy) is 1. The van der Waals surface area contributed by atoms with Crippen LogP contribution in [0, 0.1) is 12.3 Å². The van der Waals surface area contributed by atoms with E-state index in [9.17, 15) is 9.59 Å². The summed E-state index contributed by atoms with van der Waals surface area (Å²) in [5.74, 6) is 2.06. The minimum absolute atomic E-state index is 0.104. The van der Waals surface area contributed by atoms with Gasteiger partial charge in [0.15, 0.2) is 11.9 Å². The first kappa shape index (κ1) is 13.3. The molecule has 4 nitrogen and oxygen atoms in total. The van der Waals surface area contributed by atoms with Crippen molar-refractivity contribution in [3.05, 3.63) is 35.9 Å². The molecule has 0 radical (unpaired) electrons. The Balaban J connectivity index is 1.99. The molecule has 0 bridgehead atoms. The van der Waals surface area contributed by atoms with E-state index in [1.165, 1.54) is 11.8 Å². The minimum atomic E-state index is -0.703. The van der Waals surface area contributed by atoms with Gasteiger partial charge in [-0.1, -0.05) is 36.3 Å². The topological polar surface area (TPSA) is 46.6 Å².